The summed E-state index contributed by atoms with van der Waals surface area (Å²) in [6.45, 7) is 2.08. The molecule has 0 heterocycles. The summed E-state index contributed by atoms with van der Waals surface area (Å²) in [6, 6.07) is 5.23. The first-order chi connectivity index (χ1) is 9.01. The minimum Gasteiger partial charge on any atom is -0.388 e. The number of hydrogen-bond acceptors (Lipinski definition) is 4. The van der Waals surface area contributed by atoms with Crippen LogP contribution in [0.15, 0.2) is 23.3 Å². The first kappa shape index (κ1) is 15.8. The van der Waals surface area contributed by atoms with Crippen molar-refractivity contribution in [1.29, 1.82) is 0 Å². The largest absolute Gasteiger partial charge is 0.388 e. The fourth-order valence-corrected chi connectivity index (χ4v) is 2.09. The Bertz CT molecular complexity index is 448. The van der Waals surface area contributed by atoms with Crippen molar-refractivity contribution in [3.8, 4) is 0 Å². The summed E-state index contributed by atoms with van der Waals surface area (Å²) >= 11 is 5.99. The second-order valence-corrected chi connectivity index (χ2v) is 4.89. The van der Waals surface area contributed by atoms with Gasteiger partial charge in [-0.1, -0.05) is 37.4 Å². The number of halogens is 1. The third-order valence-corrected chi connectivity index (χ3v) is 3.14. The van der Waals surface area contributed by atoms with Crippen molar-refractivity contribution >= 4 is 17.4 Å². The Hall–Kier alpha value is -1.30. The van der Waals surface area contributed by atoms with Gasteiger partial charge in [-0.2, -0.15) is 5.10 Å². The van der Waals surface area contributed by atoms with E-state index in [-0.39, 0.29) is 0 Å². The van der Waals surface area contributed by atoms with Crippen LogP contribution in [0.4, 0.5) is 0 Å². The molecular weight excluding hydrogens is 264 g/mol. The van der Waals surface area contributed by atoms with E-state index >= 15 is 0 Å². The van der Waals surface area contributed by atoms with Crippen LogP contribution in [0.3, 0.4) is 0 Å². The number of aliphatic hydroxyl groups excluding tert-OH is 1. The van der Waals surface area contributed by atoms with Crippen molar-refractivity contribution in [2.24, 2.45) is 16.8 Å². The Morgan fingerprint density at radius 1 is 1.53 bits per heavy atom. The lowest BCUT2D eigenvalue weighted by Crippen LogP contribution is -2.35. The molecule has 0 fully saturated rings. The zero-order valence-electron chi connectivity index (χ0n) is 11.3. The van der Waals surface area contributed by atoms with Crippen molar-refractivity contribution in [1.82, 2.24) is 5.01 Å². The van der Waals surface area contributed by atoms with E-state index in [9.17, 15) is 5.11 Å². The van der Waals surface area contributed by atoms with Gasteiger partial charge >= 0.3 is 0 Å². The summed E-state index contributed by atoms with van der Waals surface area (Å²) in [5.74, 6) is 11.4. The molecule has 0 saturated carbocycles. The summed E-state index contributed by atoms with van der Waals surface area (Å²) < 4.78 is 0. The molecule has 0 radical (unpaired) electrons. The molecule has 0 amide bonds. The molecule has 1 unspecified atom stereocenters. The number of amidine groups is 1. The molecule has 0 aliphatic rings. The molecular formula is C13H21ClN4O. The van der Waals surface area contributed by atoms with Gasteiger partial charge in [0.15, 0.2) is 5.84 Å². The van der Waals surface area contributed by atoms with E-state index in [0.29, 0.717) is 22.8 Å². The fraction of sp³-hybridized carbons (Fsp3) is 0.462. The van der Waals surface area contributed by atoms with Gasteiger partial charge in [0.1, 0.15) is 0 Å². The van der Waals surface area contributed by atoms with Crippen LogP contribution in [-0.2, 0) is 0 Å². The van der Waals surface area contributed by atoms with Crippen LogP contribution in [0, 0.1) is 0 Å². The maximum atomic E-state index is 10.3. The molecule has 106 valence electrons. The molecule has 5 nitrogen and oxygen atoms in total. The Kier molecular flexibility index (Phi) is 6.08. The van der Waals surface area contributed by atoms with Gasteiger partial charge in [0.2, 0.25) is 0 Å². The third kappa shape index (κ3) is 4.09. The zero-order chi connectivity index (χ0) is 14.4. The molecule has 0 spiro atoms. The first-order valence-corrected chi connectivity index (χ1v) is 6.63. The summed E-state index contributed by atoms with van der Waals surface area (Å²) in [5, 5.41) is 15.8. The standard InChI is InChI=1S/C13H21ClN4O/c1-3-4-5-12(19)10-7-6-9(14)8-11(10)13(17-15)18(2)16/h6-8,12,19H,3-5,15-16H2,1-2H3/b17-13-. The molecule has 0 aliphatic heterocycles. The van der Waals surface area contributed by atoms with Crippen LogP contribution in [-0.4, -0.2) is 23.0 Å². The number of benzene rings is 1. The highest BCUT2D eigenvalue weighted by atomic mass is 35.5. The van der Waals surface area contributed by atoms with E-state index in [1.165, 1.54) is 5.01 Å². The van der Waals surface area contributed by atoms with Crippen molar-refractivity contribution in [3.05, 3.63) is 34.3 Å². The number of unbranched alkanes of at least 4 members (excludes halogenated alkanes) is 1. The minimum absolute atomic E-state index is 0.382. The van der Waals surface area contributed by atoms with Crippen LogP contribution >= 0.6 is 11.6 Å². The van der Waals surface area contributed by atoms with Gasteiger partial charge in [0.25, 0.3) is 0 Å². The summed E-state index contributed by atoms with van der Waals surface area (Å²) in [7, 11) is 1.63. The molecule has 6 heteroatoms. The fourth-order valence-electron chi connectivity index (χ4n) is 1.92. The number of nitrogens with two attached hydrogens (primary N) is 2. The molecule has 1 atom stereocenters. The third-order valence-electron chi connectivity index (χ3n) is 2.90. The molecule has 0 bridgehead atoms. The Labute approximate surface area is 118 Å². The van der Waals surface area contributed by atoms with E-state index in [2.05, 4.69) is 12.0 Å². The zero-order valence-corrected chi connectivity index (χ0v) is 12.1. The van der Waals surface area contributed by atoms with Gasteiger partial charge in [0.05, 0.1) is 6.10 Å². The Balaban J connectivity index is 3.17. The molecule has 5 N–H and O–H groups in total. The minimum atomic E-state index is -0.580. The van der Waals surface area contributed by atoms with Crippen LogP contribution in [0.5, 0.6) is 0 Å². The van der Waals surface area contributed by atoms with Crippen molar-refractivity contribution in [3.63, 3.8) is 0 Å². The van der Waals surface area contributed by atoms with Crippen molar-refractivity contribution in [2.45, 2.75) is 32.3 Å². The average Bonchev–Trinajstić information content (AvgIpc) is 2.36. The van der Waals surface area contributed by atoms with Crippen LogP contribution in [0.1, 0.15) is 43.4 Å². The van der Waals surface area contributed by atoms with E-state index in [1.54, 1.807) is 25.2 Å². The molecule has 1 aromatic carbocycles. The van der Waals surface area contributed by atoms with Gasteiger partial charge in [0, 0.05) is 17.6 Å². The molecule has 0 saturated heterocycles. The second kappa shape index (κ2) is 7.33. The Morgan fingerprint density at radius 3 is 2.74 bits per heavy atom. The lowest BCUT2D eigenvalue weighted by Gasteiger charge is -2.20. The molecule has 19 heavy (non-hydrogen) atoms. The number of nitrogens with zero attached hydrogens (tertiary/aromatic N) is 2. The molecule has 1 rings (SSSR count). The monoisotopic (exact) mass is 284 g/mol. The normalized spacial score (nSPS) is 13.4. The topological polar surface area (TPSA) is 87.9 Å². The van der Waals surface area contributed by atoms with Crippen LogP contribution in [0.25, 0.3) is 0 Å². The maximum Gasteiger partial charge on any atom is 0.169 e. The average molecular weight is 285 g/mol. The van der Waals surface area contributed by atoms with Crippen LogP contribution in [0.2, 0.25) is 5.02 Å². The predicted octanol–water partition coefficient (Wildman–Crippen LogP) is 1.99. The van der Waals surface area contributed by atoms with Crippen LogP contribution < -0.4 is 11.7 Å². The van der Waals surface area contributed by atoms with Gasteiger partial charge in [-0.05, 0) is 24.1 Å². The number of aliphatic hydroxyl groups is 1. The number of hydrogen-bond donors (Lipinski definition) is 3. The van der Waals surface area contributed by atoms with Crippen molar-refractivity contribution < 1.29 is 5.11 Å². The highest BCUT2D eigenvalue weighted by molar-refractivity contribution is 6.31. The summed E-state index contributed by atoms with van der Waals surface area (Å²) in [4.78, 5) is 0. The maximum absolute atomic E-state index is 10.3. The molecule has 1 aromatic rings. The number of hydrazone groups is 1. The highest BCUT2D eigenvalue weighted by Crippen LogP contribution is 2.26. The van der Waals surface area contributed by atoms with Gasteiger partial charge in [-0.15, -0.1) is 0 Å². The van der Waals surface area contributed by atoms with Crippen molar-refractivity contribution in [2.75, 3.05) is 7.05 Å². The number of hydrazine groups is 1. The number of rotatable bonds is 5. The van der Waals surface area contributed by atoms with E-state index in [1.807, 2.05) is 0 Å². The smallest absolute Gasteiger partial charge is 0.169 e. The van der Waals surface area contributed by atoms with E-state index in [0.717, 1.165) is 18.4 Å². The lowest BCUT2D eigenvalue weighted by molar-refractivity contribution is 0.164. The van der Waals surface area contributed by atoms with Gasteiger partial charge in [-0.3, -0.25) is 5.01 Å². The summed E-state index contributed by atoms with van der Waals surface area (Å²) in [5.41, 5.74) is 1.39. The molecule has 0 aliphatic carbocycles. The van der Waals surface area contributed by atoms with E-state index < -0.39 is 6.10 Å². The first-order valence-electron chi connectivity index (χ1n) is 6.25. The van der Waals surface area contributed by atoms with Gasteiger partial charge in [-0.25, -0.2) is 5.84 Å². The molecule has 0 aromatic heterocycles. The lowest BCUT2D eigenvalue weighted by atomic mass is 9.97. The SMILES string of the molecule is CCCCC(O)c1ccc(Cl)cc1/C(=N/N)N(C)N. The predicted molar refractivity (Wildman–Crippen MR) is 78.6 cm³/mol. The quantitative estimate of drug-likeness (QED) is 0.334. The Morgan fingerprint density at radius 2 is 2.21 bits per heavy atom. The van der Waals surface area contributed by atoms with Gasteiger partial charge < -0.3 is 10.9 Å². The van der Waals surface area contributed by atoms with E-state index in [4.69, 9.17) is 23.3 Å². The second-order valence-electron chi connectivity index (χ2n) is 4.45. The highest BCUT2D eigenvalue weighted by Gasteiger charge is 2.18. The summed E-state index contributed by atoms with van der Waals surface area (Å²) in [6.07, 6.45) is 2.06.